The third kappa shape index (κ3) is 2.85. The van der Waals surface area contributed by atoms with E-state index in [9.17, 15) is 5.11 Å². The van der Waals surface area contributed by atoms with Gasteiger partial charge in [-0.1, -0.05) is 18.2 Å². The van der Waals surface area contributed by atoms with Crippen LogP contribution in [0.4, 0.5) is 5.82 Å². The molecule has 1 aromatic carbocycles. The lowest BCUT2D eigenvalue weighted by molar-refractivity contribution is 0.170. The lowest BCUT2D eigenvalue weighted by atomic mass is 10.1. The third-order valence-corrected chi connectivity index (χ3v) is 3.54. The lowest BCUT2D eigenvalue weighted by Gasteiger charge is -2.32. The van der Waals surface area contributed by atoms with E-state index in [1.165, 1.54) is 0 Å². The molecule has 103 valence electrons. The van der Waals surface area contributed by atoms with Crippen LogP contribution in [-0.2, 0) is 5.11 Å². The quantitative estimate of drug-likeness (QED) is 0.859. The van der Waals surface area contributed by atoms with Gasteiger partial charge in [0.25, 0.3) is 0 Å². The van der Waals surface area contributed by atoms with Crippen molar-refractivity contribution in [2.75, 3.05) is 18.0 Å². The number of aromatic nitrogens is 1. The fraction of sp³-hybridized carbons (Fsp3) is 0.312. The van der Waals surface area contributed by atoms with Crippen molar-refractivity contribution in [3.05, 3.63) is 48.7 Å². The average Bonchev–Trinajstić information content (AvgIpc) is 2.50. The molecular weight excluding hydrogens is 252 g/mol. The van der Waals surface area contributed by atoms with E-state index in [1.807, 2.05) is 35.2 Å². The van der Waals surface area contributed by atoms with Crippen LogP contribution in [0.1, 0.15) is 12.8 Å². The Labute approximate surface area is 118 Å². The number of benzene rings is 1. The summed E-state index contributed by atoms with van der Waals surface area (Å²) in [4.78, 5) is 6.23. The van der Waals surface area contributed by atoms with Crippen molar-refractivity contribution in [2.24, 2.45) is 0 Å². The number of nitrogens with zero attached hydrogens (tertiary/aromatic N) is 2. The number of pyridine rings is 1. The van der Waals surface area contributed by atoms with E-state index < -0.39 is 0 Å². The maximum Gasteiger partial charge on any atom is 0.220 e. The van der Waals surface area contributed by atoms with Gasteiger partial charge in [0.1, 0.15) is 11.9 Å². The van der Waals surface area contributed by atoms with Crippen molar-refractivity contribution < 1.29 is 9.84 Å². The van der Waals surface area contributed by atoms with Crippen molar-refractivity contribution in [3.63, 3.8) is 0 Å². The minimum Gasteiger partial charge on any atom is -0.490 e. The Balaban J connectivity index is 1.59. The molecule has 0 spiro atoms. The molecule has 0 amide bonds. The highest BCUT2D eigenvalue weighted by molar-refractivity contribution is 5.51. The molecule has 1 aliphatic heterocycles. The van der Waals surface area contributed by atoms with Gasteiger partial charge >= 0.3 is 0 Å². The molecule has 1 saturated heterocycles. The largest absolute Gasteiger partial charge is 0.490 e. The first kappa shape index (κ1) is 12.8. The molecule has 1 fully saturated rings. The minimum absolute atomic E-state index is 0.00470. The van der Waals surface area contributed by atoms with Gasteiger partial charge in [-0.25, -0.2) is 4.98 Å². The van der Waals surface area contributed by atoms with Crippen LogP contribution in [0.2, 0.25) is 0 Å². The second-order valence-electron chi connectivity index (χ2n) is 4.94. The number of rotatable bonds is 3. The van der Waals surface area contributed by atoms with Gasteiger partial charge in [-0.2, -0.15) is 0 Å². The molecular formula is C16H17N2O2. The van der Waals surface area contributed by atoms with Crippen LogP contribution in [0.25, 0.3) is 0 Å². The van der Waals surface area contributed by atoms with E-state index in [1.54, 1.807) is 18.3 Å². The van der Waals surface area contributed by atoms with Crippen LogP contribution in [0.3, 0.4) is 0 Å². The van der Waals surface area contributed by atoms with E-state index in [0.717, 1.165) is 31.7 Å². The maximum atomic E-state index is 11.8. The van der Waals surface area contributed by atoms with Crippen molar-refractivity contribution in [3.8, 4) is 11.5 Å². The molecule has 1 aromatic heterocycles. The Hall–Kier alpha value is -2.23. The van der Waals surface area contributed by atoms with Crippen LogP contribution in [0.15, 0.2) is 48.7 Å². The van der Waals surface area contributed by atoms with Crippen LogP contribution < -0.4 is 9.64 Å². The zero-order valence-electron chi connectivity index (χ0n) is 11.2. The molecule has 1 radical (unpaired) electrons. The first-order chi connectivity index (χ1) is 9.83. The van der Waals surface area contributed by atoms with Crippen molar-refractivity contribution in [1.29, 1.82) is 0 Å². The van der Waals surface area contributed by atoms with Gasteiger partial charge < -0.3 is 9.64 Å². The zero-order chi connectivity index (χ0) is 13.8. The van der Waals surface area contributed by atoms with Gasteiger partial charge in [0.15, 0.2) is 5.82 Å². The van der Waals surface area contributed by atoms with Gasteiger partial charge in [0, 0.05) is 32.1 Å². The number of anilines is 1. The van der Waals surface area contributed by atoms with Gasteiger partial charge in [0.05, 0.1) is 0 Å². The van der Waals surface area contributed by atoms with E-state index in [0.29, 0.717) is 5.82 Å². The molecule has 4 nitrogen and oxygen atoms in total. The minimum atomic E-state index is -0.00470. The lowest BCUT2D eigenvalue weighted by Crippen LogP contribution is -2.38. The predicted octanol–water partition coefficient (Wildman–Crippen LogP) is 3.27. The molecule has 0 saturated carbocycles. The number of ether oxygens (including phenoxy) is 1. The molecule has 2 heterocycles. The first-order valence-electron chi connectivity index (χ1n) is 6.91. The molecule has 3 rings (SSSR count). The molecule has 0 unspecified atom stereocenters. The Kier molecular flexibility index (Phi) is 3.72. The van der Waals surface area contributed by atoms with Crippen LogP contribution in [0.5, 0.6) is 11.5 Å². The summed E-state index contributed by atoms with van der Waals surface area (Å²) in [5.74, 6) is 1.47. The van der Waals surface area contributed by atoms with Crippen molar-refractivity contribution in [1.82, 2.24) is 4.98 Å². The summed E-state index contributed by atoms with van der Waals surface area (Å²) in [6, 6.07) is 13.1. The normalized spacial score (nSPS) is 16.1. The maximum absolute atomic E-state index is 11.8. The molecule has 2 aromatic rings. The van der Waals surface area contributed by atoms with Crippen molar-refractivity contribution in [2.45, 2.75) is 18.9 Å². The molecule has 0 bridgehead atoms. The van der Waals surface area contributed by atoms with Gasteiger partial charge in [-0.15, -0.1) is 0 Å². The SMILES string of the molecule is [O]c1cccnc1N1CCC(Oc2ccccc2)CC1. The average molecular weight is 269 g/mol. The van der Waals surface area contributed by atoms with Crippen molar-refractivity contribution >= 4 is 5.82 Å². The molecule has 4 heteroatoms. The Morgan fingerprint density at radius 2 is 1.80 bits per heavy atom. The highest BCUT2D eigenvalue weighted by Crippen LogP contribution is 2.28. The molecule has 0 atom stereocenters. The number of hydrogen-bond donors (Lipinski definition) is 0. The van der Waals surface area contributed by atoms with Gasteiger partial charge in [-0.05, 0) is 24.3 Å². The summed E-state index contributed by atoms with van der Waals surface area (Å²) >= 11 is 0. The summed E-state index contributed by atoms with van der Waals surface area (Å²) in [5.41, 5.74) is 0. The Morgan fingerprint density at radius 1 is 1.05 bits per heavy atom. The van der Waals surface area contributed by atoms with E-state index >= 15 is 0 Å². The molecule has 20 heavy (non-hydrogen) atoms. The second kappa shape index (κ2) is 5.82. The first-order valence-corrected chi connectivity index (χ1v) is 6.91. The molecule has 1 aliphatic rings. The highest BCUT2D eigenvalue weighted by atomic mass is 16.5. The summed E-state index contributed by atoms with van der Waals surface area (Å²) in [6.07, 6.45) is 3.70. The van der Waals surface area contributed by atoms with Gasteiger partial charge in [0.2, 0.25) is 5.75 Å². The fourth-order valence-corrected chi connectivity index (χ4v) is 2.50. The second-order valence-corrected chi connectivity index (χ2v) is 4.94. The summed E-state index contributed by atoms with van der Waals surface area (Å²) in [7, 11) is 0. The van der Waals surface area contributed by atoms with E-state index in [2.05, 4.69) is 4.98 Å². The predicted molar refractivity (Wildman–Crippen MR) is 76.7 cm³/mol. The van der Waals surface area contributed by atoms with Crippen LogP contribution in [-0.4, -0.2) is 24.2 Å². The van der Waals surface area contributed by atoms with E-state index in [4.69, 9.17) is 4.74 Å². The topological polar surface area (TPSA) is 45.3 Å². The monoisotopic (exact) mass is 269 g/mol. The Morgan fingerprint density at radius 3 is 2.50 bits per heavy atom. The number of para-hydroxylation sites is 1. The van der Waals surface area contributed by atoms with Crippen LogP contribution >= 0.6 is 0 Å². The molecule has 0 aliphatic carbocycles. The smallest absolute Gasteiger partial charge is 0.220 e. The highest BCUT2D eigenvalue weighted by Gasteiger charge is 2.23. The fourth-order valence-electron chi connectivity index (χ4n) is 2.50. The summed E-state index contributed by atoms with van der Waals surface area (Å²) < 4.78 is 5.94. The summed E-state index contributed by atoms with van der Waals surface area (Å²) in [5, 5.41) is 11.8. The summed E-state index contributed by atoms with van der Waals surface area (Å²) in [6.45, 7) is 1.62. The number of piperidine rings is 1. The van der Waals surface area contributed by atoms with Gasteiger partial charge in [-0.3, -0.25) is 5.11 Å². The standard InChI is InChI=1S/C16H17N2O2/c19-15-7-4-10-17-16(15)18-11-8-14(9-12-18)20-13-5-2-1-3-6-13/h1-7,10,14H,8-9,11-12H2. The zero-order valence-corrected chi connectivity index (χ0v) is 11.2. The van der Waals surface area contributed by atoms with E-state index in [-0.39, 0.29) is 11.9 Å². The Bertz CT molecular complexity index is 551. The number of hydrogen-bond acceptors (Lipinski definition) is 3. The third-order valence-electron chi connectivity index (χ3n) is 3.54. The van der Waals surface area contributed by atoms with Crippen LogP contribution in [0, 0.1) is 0 Å². The molecule has 0 N–H and O–H groups in total.